The van der Waals surface area contributed by atoms with Gasteiger partial charge in [0.25, 0.3) is 5.56 Å². The molecular weight excluding hydrogens is 392 g/mol. The number of nitrogens with zero attached hydrogens (tertiary/aromatic N) is 4. The molecule has 0 spiro atoms. The quantitative estimate of drug-likeness (QED) is 0.759. The van der Waals surface area contributed by atoms with E-state index in [1.54, 1.807) is 15.6 Å². The Kier molecular flexibility index (Phi) is 5.34. The lowest BCUT2D eigenvalue weighted by atomic mass is 9.95. The molecule has 7 nitrogen and oxygen atoms in total. The Bertz CT molecular complexity index is 1040. The van der Waals surface area contributed by atoms with E-state index in [-0.39, 0.29) is 29.7 Å². The molecule has 3 heterocycles. The number of fused-ring (bicyclic) bond motifs is 1. The second-order valence-electron chi connectivity index (χ2n) is 9.00. The molecule has 2 fully saturated rings. The van der Waals surface area contributed by atoms with Crippen LogP contribution in [0.15, 0.2) is 41.2 Å². The number of hydrogen-bond donors (Lipinski definition) is 0. The lowest BCUT2D eigenvalue weighted by Crippen LogP contribution is -2.43. The van der Waals surface area contributed by atoms with E-state index in [0.29, 0.717) is 32.1 Å². The molecule has 2 saturated heterocycles. The number of para-hydroxylation sites is 1. The summed E-state index contributed by atoms with van der Waals surface area (Å²) < 4.78 is 1.62. The molecule has 1 aromatic carbocycles. The van der Waals surface area contributed by atoms with Gasteiger partial charge in [0.1, 0.15) is 0 Å². The summed E-state index contributed by atoms with van der Waals surface area (Å²) in [5, 5.41) is 4.59. The van der Waals surface area contributed by atoms with Gasteiger partial charge < -0.3 is 9.80 Å². The van der Waals surface area contributed by atoms with E-state index >= 15 is 0 Å². The molecule has 7 heteroatoms. The molecule has 31 heavy (non-hydrogen) atoms. The van der Waals surface area contributed by atoms with Crippen molar-refractivity contribution in [2.75, 3.05) is 24.5 Å². The van der Waals surface area contributed by atoms with Gasteiger partial charge in [-0.1, -0.05) is 18.2 Å². The van der Waals surface area contributed by atoms with Crippen molar-refractivity contribution in [3.8, 4) is 0 Å². The molecule has 1 aliphatic carbocycles. The first-order chi connectivity index (χ1) is 15.1. The number of anilines is 1. The second-order valence-corrected chi connectivity index (χ2v) is 9.00. The van der Waals surface area contributed by atoms with Gasteiger partial charge in [-0.15, -0.1) is 0 Å². The highest BCUT2D eigenvalue weighted by atomic mass is 16.2. The molecule has 2 amide bonds. The predicted molar refractivity (Wildman–Crippen MR) is 117 cm³/mol. The number of likely N-dealkylation sites (tertiary alicyclic amines) is 1. The van der Waals surface area contributed by atoms with Gasteiger partial charge in [0.15, 0.2) is 0 Å². The minimum Gasteiger partial charge on any atom is -0.342 e. The summed E-state index contributed by atoms with van der Waals surface area (Å²) in [4.78, 5) is 41.5. The minimum atomic E-state index is -0.273. The zero-order valence-corrected chi connectivity index (χ0v) is 17.7. The third-order valence-electron chi connectivity index (χ3n) is 6.92. The molecule has 0 bridgehead atoms. The molecule has 0 radical (unpaired) electrons. The van der Waals surface area contributed by atoms with Crippen LogP contribution in [0.3, 0.4) is 0 Å². The van der Waals surface area contributed by atoms with Crippen LogP contribution in [0.2, 0.25) is 0 Å². The summed E-state index contributed by atoms with van der Waals surface area (Å²) in [6, 6.07) is 11.3. The van der Waals surface area contributed by atoms with Crippen LogP contribution >= 0.6 is 0 Å². The standard InChI is InChI=1S/C24H28N4O3/c29-22-14-19(16-27(22)20-6-2-1-3-7-20)24(31)26-11-9-17(10-12-26)15-28-23(30)13-18-5-4-8-21(18)25-28/h1-3,6-7,13,17,19H,4-5,8-12,14-16H2. The first-order valence-corrected chi connectivity index (χ1v) is 11.3. The second kappa shape index (κ2) is 8.29. The maximum absolute atomic E-state index is 13.0. The molecule has 2 aliphatic heterocycles. The number of benzene rings is 1. The minimum absolute atomic E-state index is 0.00960. The number of aryl methyl sites for hydroxylation is 2. The lowest BCUT2D eigenvalue weighted by Gasteiger charge is -2.33. The van der Waals surface area contributed by atoms with Gasteiger partial charge in [0.2, 0.25) is 11.8 Å². The molecule has 1 atom stereocenters. The van der Waals surface area contributed by atoms with Crippen molar-refractivity contribution in [2.24, 2.45) is 11.8 Å². The molecule has 2 aromatic rings. The number of amides is 2. The third kappa shape index (κ3) is 4.01. The topological polar surface area (TPSA) is 75.5 Å². The maximum atomic E-state index is 13.0. The molecular formula is C24H28N4O3. The monoisotopic (exact) mass is 420 g/mol. The van der Waals surface area contributed by atoms with Crippen LogP contribution in [0, 0.1) is 11.8 Å². The Morgan fingerprint density at radius 1 is 1.06 bits per heavy atom. The van der Waals surface area contributed by atoms with Gasteiger partial charge in [0.05, 0.1) is 11.6 Å². The summed E-state index contributed by atoms with van der Waals surface area (Å²) in [5.41, 5.74) is 3.02. The Labute approximate surface area is 181 Å². The third-order valence-corrected chi connectivity index (χ3v) is 6.92. The number of carbonyl (C=O) groups excluding carboxylic acids is 2. The van der Waals surface area contributed by atoms with Crippen molar-refractivity contribution in [1.82, 2.24) is 14.7 Å². The Balaban J connectivity index is 1.17. The Hall–Kier alpha value is -2.96. The van der Waals surface area contributed by atoms with Crippen molar-refractivity contribution in [3.63, 3.8) is 0 Å². The van der Waals surface area contributed by atoms with Gasteiger partial charge in [-0.05, 0) is 55.7 Å². The van der Waals surface area contributed by atoms with Crippen LogP contribution in [0.5, 0.6) is 0 Å². The number of carbonyl (C=O) groups is 2. The molecule has 3 aliphatic rings. The maximum Gasteiger partial charge on any atom is 0.267 e. The zero-order chi connectivity index (χ0) is 21.4. The molecule has 0 N–H and O–H groups in total. The largest absolute Gasteiger partial charge is 0.342 e. The smallest absolute Gasteiger partial charge is 0.267 e. The van der Waals surface area contributed by atoms with Gasteiger partial charge in [-0.3, -0.25) is 14.4 Å². The van der Waals surface area contributed by atoms with E-state index in [9.17, 15) is 14.4 Å². The molecule has 162 valence electrons. The summed E-state index contributed by atoms with van der Waals surface area (Å²) in [6.07, 6.45) is 5.01. The van der Waals surface area contributed by atoms with Crippen LogP contribution in [0.4, 0.5) is 5.69 Å². The molecule has 1 aromatic heterocycles. The predicted octanol–water partition coefficient (Wildman–Crippen LogP) is 2.02. The first-order valence-electron chi connectivity index (χ1n) is 11.3. The van der Waals surface area contributed by atoms with E-state index in [4.69, 9.17) is 0 Å². The Morgan fingerprint density at radius 2 is 1.84 bits per heavy atom. The van der Waals surface area contributed by atoms with Crippen molar-refractivity contribution in [3.05, 3.63) is 58.0 Å². The highest BCUT2D eigenvalue weighted by Gasteiger charge is 2.38. The Morgan fingerprint density at radius 3 is 2.61 bits per heavy atom. The summed E-state index contributed by atoms with van der Waals surface area (Å²) in [6.45, 7) is 2.44. The first kappa shape index (κ1) is 20.0. The van der Waals surface area contributed by atoms with Gasteiger partial charge >= 0.3 is 0 Å². The summed E-state index contributed by atoms with van der Waals surface area (Å²) >= 11 is 0. The van der Waals surface area contributed by atoms with Gasteiger partial charge in [0, 0.05) is 44.4 Å². The van der Waals surface area contributed by atoms with Crippen LogP contribution in [-0.4, -0.2) is 46.1 Å². The van der Waals surface area contributed by atoms with Gasteiger partial charge in [-0.25, -0.2) is 4.68 Å². The lowest BCUT2D eigenvalue weighted by molar-refractivity contribution is -0.137. The van der Waals surface area contributed by atoms with Crippen LogP contribution in [-0.2, 0) is 29.0 Å². The van der Waals surface area contributed by atoms with Crippen LogP contribution in [0.25, 0.3) is 0 Å². The van der Waals surface area contributed by atoms with Crippen molar-refractivity contribution < 1.29 is 9.59 Å². The van der Waals surface area contributed by atoms with E-state index < -0.39 is 0 Å². The van der Waals surface area contributed by atoms with Gasteiger partial charge in [-0.2, -0.15) is 5.10 Å². The SMILES string of the molecule is O=C(C1CC(=O)N(c2ccccc2)C1)N1CCC(Cn2nc3c(cc2=O)CCC3)CC1. The normalized spacial score (nSPS) is 21.5. The van der Waals surface area contributed by atoms with Crippen molar-refractivity contribution in [2.45, 2.75) is 45.1 Å². The fourth-order valence-corrected chi connectivity index (χ4v) is 5.14. The zero-order valence-electron chi connectivity index (χ0n) is 17.7. The van der Waals surface area contributed by atoms with E-state index in [1.807, 2.05) is 35.2 Å². The van der Waals surface area contributed by atoms with E-state index in [1.165, 1.54) is 0 Å². The number of rotatable bonds is 4. The number of hydrogen-bond acceptors (Lipinski definition) is 4. The fraction of sp³-hybridized carbons (Fsp3) is 0.500. The highest BCUT2D eigenvalue weighted by molar-refractivity contribution is 6.00. The number of piperidine rings is 1. The molecule has 1 unspecified atom stereocenters. The van der Waals surface area contributed by atoms with Crippen LogP contribution < -0.4 is 10.5 Å². The average Bonchev–Trinajstić information content (AvgIpc) is 3.40. The molecule has 0 saturated carbocycles. The summed E-state index contributed by atoms with van der Waals surface area (Å²) in [7, 11) is 0. The molecule has 5 rings (SSSR count). The van der Waals surface area contributed by atoms with Crippen molar-refractivity contribution in [1.29, 1.82) is 0 Å². The van der Waals surface area contributed by atoms with Crippen molar-refractivity contribution >= 4 is 17.5 Å². The highest BCUT2D eigenvalue weighted by Crippen LogP contribution is 2.28. The average molecular weight is 421 g/mol. The number of aromatic nitrogens is 2. The van der Waals surface area contributed by atoms with E-state index in [0.717, 1.165) is 49.0 Å². The van der Waals surface area contributed by atoms with Crippen LogP contribution in [0.1, 0.15) is 36.9 Å². The summed E-state index contributed by atoms with van der Waals surface area (Å²) in [5.74, 6) is 0.171. The fourth-order valence-electron chi connectivity index (χ4n) is 5.14. The van der Waals surface area contributed by atoms with E-state index in [2.05, 4.69) is 5.10 Å².